The first-order chi connectivity index (χ1) is 31.5. The zero-order valence-corrected chi connectivity index (χ0v) is 35.4. The summed E-state index contributed by atoms with van der Waals surface area (Å²) < 4.78 is 2.50. The zero-order valence-electron chi connectivity index (χ0n) is 35.4. The maximum absolute atomic E-state index is 5.38. The van der Waals surface area contributed by atoms with Crippen molar-refractivity contribution in [2.24, 2.45) is 0 Å². The van der Waals surface area contributed by atoms with Crippen LogP contribution < -0.4 is 0 Å². The van der Waals surface area contributed by atoms with E-state index in [0.717, 1.165) is 55.2 Å². The van der Waals surface area contributed by atoms with E-state index in [1.54, 1.807) is 0 Å². The van der Waals surface area contributed by atoms with Crippen molar-refractivity contribution < 1.29 is 0 Å². The number of aromatic nitrogens is 4. The summed E-state index contributed by atoms with van der Waals surface area (Å²) in [6, 6.07) is 74.3. The average molecular weight is 817 g/mol. The summed E-state index contributed by atoms with van der Waals surface area (Å²) >= 11 is 0. The highest BCUT2D eigenvalue weighted by atomic mass is 15.0. The molecule has 0 atom stereocenters. The van der Waals surface area contributed by atoms with Crippen LogP contribution in [0.15, 0.2) is 206 Å². The minimum Gasteiger partial charge on any atom is -0.309 e. The van der Waals surface area contributed by atoms with Crippen LogP contribution in [0.4, 0.5) is 0 Å². The Morgan fingerprint density at radius 3 is 1.59 bits per heavy atom. The fourth-order valence-electron chi connectivity index (χ4n) is 10.7. The first-order valence-electron chi connectivity index (χ1n) is 22.0. The minimum atomic E-state index is -0.139. The van der Waals surface area contributed by atoms with Gasteiger partial charge >= 0.3 is 0 Å². The second kappa shape index (κ2) is 13.9. The van der Waals surface area contributed by atoms with Crippen LogP contribution >= 0.6 is 0 Å². The molecular formula is C60H40N4. The first kappa shape index (κ1) is 36.4. The molecule has 1 aliphatic rings. The van der Waals surface area contributed by atoms with Gasteiger partial charge in [0.05, 0.1) is 11.0 Å². The van der Waals surface area contributed by atoms with E-state index in [4.69, 9.17) is 15.0 Å². The van der Waals surface area contributed by atoms with Gasteiger partial charge in [0.1, 0.15) is 0 Å². The number of benzene rings is 10. The van der Waals surface area contributed by atoms with Crippen LogP contribution in [-0.4, -0.2) is 19.5 Å². The van der Waals surface area contributed by atoms with Crippen molar-refractivity contribution in [1.82, 2.24) is 19.5 Å². The molecule has 0 unspecified atom stereocenters. The molecule has 0 fully saturated rings. The summed E-state index contributed by atoms with van der Waals surface area (Å²) in [5.74, 6) is 1.91. The normalized spacial score (nSPS) is 13.0. The SMILES string of the molecule is CC1(C)c2ccccc2-c2c1ccc1c3c(-c4cc(-c5nc(-c6ccccc6)nc(-c6ccccc6)n5)c5c6ccccc6c6ccccc6c5c4)cccc3n(-c3ccccc3)c21. The molecule has 4 nitrogen and oxygen atoms in total. The molecule has 2 aromatic heterocycles. The van der Waals surface area contributed by atoms with Crippen molar-refractivity contribution >= 4 is 54.1 Å². The smallest absolute Gasteiger partial charge is 0.164 e. The predicted molar refractivity (Wildman–Crippen MR) is 266 cm³/mol. The van der Waals surface area contributed by atoms with Crippen molar-refractivity contribution in [3.8, 4) is 62.1 Å². The van der Waals surface area contributed by atoms with E-state index in [-0.39, 0.29) is 5.41 Å². The first-order valence-corrected chi connectivity index (χ1v) is 22.0. The molecule has 64 heavy (non-hydrogen) atoms. The van der Waals surface area contributed by atoms with Gasteiger partial charge in [0, 0.05) is 49.5 Å². The van der Waals surface area contributed by atoms with Gasteiger partial charge in [0.25, 0.3) is 0 Å². The summed E-state index contributed by atoms with van der Waals surface area (Å²) in [4.78, 5) is 15.9. The Bertz CT molecular complexity index is 3790. The Labute approximate surface area is 370 Å². The van der Waals surface area contributed by atoms with E-state index in [2.05, 4.69) is 188 Å². The van der Waals surface area contributed by atoms with E-state index in [1.807, 2.05) is 36.4 Å². The topological polar surface area (TPSA) is 43.6 Å². The molecule has 1 aliphatic carbocycles. The lowest BCUT2D eigenvalue weighted by Crippen LogP contribution is -2.14. The van der Waals surface area contributed by atoms with Crippen LogP contribution in [0.2, 0.25) is 0 Å². The lowest BCUT2D eigenvalue weighted by atomic mass is 9.82. The van der Waals surface area contributed by atoms with Gasteiger partial charge in [0.15, 0.2) is 17.5 Å². The lowest BCUT2D eigenvalue weighted by molar-refractivity contribution is 0.661. The maximum Gasteiger partial charge on any atom is 0.164 e. The Morgan fingerprint density at radius 1 is 0.359 bits per heavy atom. The molecule has 0 spiro atoms. The average Bonchev–Trinajstić information content (AvgIpc) is 3.83. The van der Waals surface area contributed by atoms with E-state index in [9.17, 15) is 0 Å². The van der Waals surface area contributed by atoms with Gasteiger partial charge in [-0.25, -0.2) is 15.0 Å². The number of para-hydroxylation sites is 1. The molecule has 0 amide bonds. The summed E-state index contributed by atoms with van der Waals surface area (Å²) in [6.07, 6.45) is 0. The van der Waals surface area contributed by atoms with Gasteiger partial charge in [-0.3, -0.25) is 0 Å². The third-order valence-corrected chi connectivity index (χ3v) is 13.6. The van der Waals surface area contributed by atoms with Crippen LogP contribution in [0.5, 0.6) is 0 Å². The third kappa shape index (κ3) is 5.32. The van der Waals surface area contributed by atoms with Gasteiger partial charge in [0.2, 0.25) is 0 Å². The lowest BCUT2D eigenvalue weighted by Gasteiger charge is -2.21. The second-order valence-corrected chi connectivity index (χ2v) is 17.5. The van der Waals surface area contributed by atoms with E-state index in [0.29, 0.717) is 17.5 Å². The Kier molecular flexibility index (Phi) is 7.92. The monoisotopic (exact) mass is 816 g/mol. The standard InChI is InChI=1S/C60H40N4/c1-60(2)50-31-17-16-29-46(50)55-51(60)34-33-47-54-41(30-18-32-52(54)64(56(47)55)40-23-10-5-11-24-40)39-35-48-44-27-13-12-25-42(44)43-26-14-15-28-45(43)53(48)49(36-39)59-62-57(37-19-6-3-7-20-37)61-58(63-59)38-21-8-4-9-22-38/h3-36H,1-2H3. The number of hydrogen-bond donors (Lipinski definition) is 0. The van der Waals surface area contributed by atoms with Crippen molar-refractivity contribution in [2.75, 3.05) is 0 Å². The fourth-order valence-corrected chi connectivity index (χ4v) is 10.7. The number of rotatable bonds is 5. The van der Waals surface area contributed by atoms with E-state index < -0.39 is 0 Å². The zero-order chi connectivity index (χ0) is 42.5. The van der Waals surface area contributed by atoms with Crippen LogP contribution in [-0.2, 0) is 5.41 Å². The van der Waals surface area contributed by atoms with Gasteiger partial charge in [-0.1, -0.05) is 190 Å². The van der Waals surface area contributed by atoms with Crippen molar-refractivity contribution in [2.45, 2.75) is 19.3 Å². The Morgan fingerprint density at radius 2 is 0.906 bits per heavy atom. The number of hydrogen-bond acceptors (Lipinski definition) is 3. The maximum atomic E-state index is 5.38. The molecule has 13 rings (SSSR count). The molecule has 10 aromatic carbocycles. The summed E-state index contributed by atoms with van der Waals surface area (Å²) in [6.45, 7) is 4.73. The molecule has 0 radical (unpaired) electrons. The highest BCUT2D eigenvalue weighted by molar-refractivity contribution is 6.29. The molecule has 0 saturated heterocycles. The highest BCUT2D eigenvalue weighted by Crippen LogP contribution is 2.54. The van der Waals surface area contributed by atoms with Crippen molar-refractivity contribution in [3.05, 3.63) is 217 Å². The fraction of sp³-hybridized carbons (Fsp3) is 0.0500. The molecule has 0 saturated carbocycles. The van der Waals surface area contributed by atoms with Crippen LogP contribution in [0.1, 0.15) is 25.0 Å². The number of nitrogens with zero attached hydrogens (tertiary/aromatic N) is 4. The summed E-state index contributed by atoms with van der Waals surface area (Å²) in [7, 11) is 0. The Balaban J connectivity index is 1.18. The number of fused-ring (bicyclic) bond motifs is 13. The van der Waals surface area contributed by atoms with Gasteiger partial charge in [-0.2, -0.15) is 0 Å². The molecule has 0 bridgehead atoms. The highest BCUT2D eigenvalue weighted by Gasteiger charge is 2.38. The summed E-state index contributed by atoms with van der Waals surface area (Å²) in [5.41, 5.74) is 13.8. The molecule has 12 aromatic rings. The molecule has 0 N–H and O–H groups in total. The van der Waals surface area contributed by atoms with Crippen LogP contribution in [0.25, 0.3) is 116 Å². The van der Waals surface area contributed by atoms with Crippen molar-refractivity contribution in [3.63, 3.8) is 0 Å². The molecule has 4 heteroatoms. The van der Waals surface area contributed by atoms with E-state index in [1.165, 1.54) is 54.7 Å². The molecule has 2 heterocycles. The van der Waals surface area contributed by atoms with Gasteiger partial charge in [-0.05, 0) is 85.1 Å². The van der Waals surface area contributed by atoms with E-state index >= 15 is 0 Å². The van der Waals surface area contributed by atoms with Crippen molar-refractivity contribution in [1.29, 1.82) is 0 Å². The molecule has 0 aliphatic heterocycles. The summed E-state index contributed by atoms with van der Waals surface area (Å²) in [5, 5.41) is 9.49. The Hall–Kier alpha value is -8.21. The van der Waals surface area contributed by atoms with Gasteiger partial charge < -0.3 is 4.57 Å². The largest absolute Gasteiger partial charge is 0.309 e. The van der Waals surface area contributed by atoms with Crippen LogP contribution in [0, 0.1) is 0 Å². The molecular weight excluding hydrogens is 777 g/mol. The third-order valence-electron chi connectivity index (χ3n) is 13.6. The minimum absolute atomic E-state index is 0.139. The second-order valence-electron chi connectivity index (χ2n) is 17.5. The molecule has 300 valence electrons. The van der Waals surface area contributed by atoms with Crippen LogP contribution in [0.3, 0.4) is 0 Å². The predicted octanol–water partition coefficient (Wildman–Crippen LogP) is 15.4. The quantitative estimate of drug-likeness (QED) is 0.163. The van der Waals surface area contributed by atoms with Gasteiger partial charge in [-0.15, -0.1) is 0 Å².